The summed E-state index contributed by atoms with van der Waals surface area (Å²) in [6.07, 6.45) is 0. The summed E-state index contributed by atoms with van der Waals surface area (Å²) < 4.78 is 0. The summed E-state index contributed by atoms with van der Waals surface area (Å²) in [4.78, 5) is 44.1. The number of halogens is 1. The predicted molar refractivity (Wildman–Crippen MR) is 136 cm³/mol. The number of benzene rings is 3. The van der Waals surface area contributed by atoms with Crippen LogP contribution in [-0.2, 0) is 9.59 Å². The number of aromatic amines is 1. The van der Waals surface area contributed by atoms with Crippen molar-refractivity contribution in [1.82, 2.24) is 4.98 Å². The van der Waals surface area contributed by atoms with Crippen LogP contribution < -0.4 is 9.77 Å². The number of thioether (sulfide) groups is 1. The van der Waals surface area contributed by atoms with E-state index >= 15 is 0 Å². The van der Waals surface area contributed by atoms with Crippen LogP contribution in [0.4, 0.5) is 5.69 Å². The van der Waals surface area contributed by atoms with E-state index in [4.69, 9.17) is 11.6 Å². The number of hydrogen-bond donors (Lipinski definition) is 1. The second-order valence-electron chi connectivity index (χ2n) is 8.23. The Labute approximate surface area is 208 Å². The molecule has 1 saturated heterocycles. The maximum Gasteiger partial charge on any atom is 0.305 e. The number of H-pyrrole nitrogens is 1. The van der Waals surface area contributed by atoms with E-state index in [9.17, 15) is 14.4 Å². The molecule has 6 rings (SSSR count). The molecule has 1 fully saturated rings. The third-order valence-corrected chi connectivity index (χ3v) is 8.94. The Morgan fingerprint density at radius 3 is 2.18 bits per heavy atom. The van der Waals surface area contributed by atoms with Crippen LogP contribution in [0.3, 0.4) is 0 Å². The SMILES string of the molecule is O=C1C2Sc3[nH]c(=O)sc3C(c3ccc(-c4ccccc4)cc3)C2C(=O)N1c1ccc(Cl)cc1. The Hall–Kier alpha value is -3.13. The molecular formula is C26H17ClN2O3S2. The van der Waals surface area contributed by atoms with E-state index in [0.29, 0.717) is 15.7 Å². The Morgan fingerprint density at radius 2 is 1.47 bits per heavy atom. The van der Waals surface area contributed by atoms with Crippen LogP contribution in [0, 0.1) is 5.92 Å². The van der Waals surface area contributed by atoms with Gasteiger partial charge < -0.3 is 4.98 Å². The van der Waals surface area contributed by atoms with Gasteiger partial charge in [-0.15, -0.1) is 0 Å². The quantitative estimate of drug-likeness (QED) is 0.371. The molecule has 0 bridgehead atoms. The van der Waals surface area contributed by atoms with Crippen LogP contribution in [0.25, 0.3) is 11.1 Å². The van der Waals surface area contributed by atoms with Crippen molar-refractivity contribution in [1.29, 1.82) is 0 Å². The van der Waals surface area contributed by atoms with E-state index in [1.165, 1.54) is 16.7 Å². The molecule has 2 aliphatic heterocycles. The van der Waals surface area contributed by atoms with Gasteiger partial charge in [-0.3, -0.25) is 14.4 Å². The first-order valence-corrected chi connectivity index (χ1v) is 12.8. The highest BCUT2D eigenvalue weighted by Gasteiger charge is 2.56. The number of amides is 2. The van der Waals surface area contributed by atoms with E-state index in [0.717, 1.165) is 32.9 Å². The van der Waals surface area contributed by atoms with Gasteiger partial charge in [0.1, 0.15) is 5.25 Å². The standard InChI is InChI=1S/C26H17ClN2O3S2/c27-17-10-12-18(13-11-17)29-24(30)20-19(21-23(28-26(32)34-21)33-22(20)25(29)31)16-8-6-15(7-9-16)14-4-2-1-3-5-14/h1-13,19-20,22H,(H,28,32). The average Bonchev–Trinajstić information content (AvgIpc) is 3.35. The highest BCUT2D eigenvalue weighted by Crippen LogP contribution is 2.53. The largest absolute Gasteiger partial charge is 0.307 e. The molecule has 8 heteroatoms. The number of nitrogens with one attached hydrogen (secondary N) is 1. The van der Waals surface area contributed by atoms with Crippen molar-refractivity contribution >= 4 is 52.2 Å². The first-order chi connectivity index (χ1) is 16.5. The summed E-state index contributed by atoms with van der Waals surface area (Å²) in [6, 6.07) is 24.8. The first kappa shape index (κ1) is 21.4. The molecular weight excluding hydrogens is 488 g/mol. The summed E-state index contributed by atoms with van der Waals surface area (Å²) in [7, 11) is 0. The van der Waals surface area contributed by atoms with Crippen LogP contribution >= 0.6 is 34.7 Å². The molecule has 2 amide bonds. The van der Waals surface area contributed by atoms with Crippen molar-refractivity contribution in [3.8, 4) is 11.1 Å². The number of carbonyl (C=O) groups excluding carboxylic acids is 2. The van der Waals surface area contributed by atoms with Crippen molar-refractivity contribution in [2.75, 3.05) is 4.90 Å². The van der Waals surface area contributed by atoms with Gasteiger partial charge in [0, 0.05) is 15.8 Å². The van der Waals surface area contributed by atoms with E-state index in [1.807, 2.05) is 54.6 Å². The molecule has 0 spiro atoms. The Bertz CT molecular complexity index is 1460. The van der Waals surface area contributed by atoms with Gasteiger partial charge >= 0.3 is 4.87 Å². The number of hydrogen-bond acceptors (Lipinski definition) is 5. The van der Waals surface area contributed by atoms with Gasteiger partial charge in [0.25, 0.3) is 0 Å². The monoisotopic (exact) mass is 504 g/mol. The molecule has 1 aromatic heterocycles. The molecule has 168 valence electrons. The van der Waals surface area contributed by atoms with Crippen molar-refractivity contribution in [2.45, 2.75) is 16.2 Å². The fraction of sp³-hybridized carbons (Fsp3) is 0.115. The van der Waals surface area contributed by atoms with Crippen molar-refractivity contribution in [3.05, 3.63) is 104 Å². The minimum atomic E-state index is -0.611. The zero-order valence-electron chi connectivity index (χ0n) is 17.6. The second kappa shape index (κ2) is 8.27. The number of carbonyl (C=O) groups is 2. The van der Waals surface area contributed by atoms with Gasteiger partial charge in [-0.05, 0) is 41.0 Å². The molecule has 2 aliphatic rings. The average molecular weight is 505 g/mol. The maximum absolute atomic E-state index is 13.7. The fourth-order valence-electron chi connectivity index (χ4n) is 4.73. The van der Waals surface area contributed by atoms with Crippen molar-refractivity contribution in [2.24, 2.45) is 5.92 Å². The maximum atomic E-state index is 13.7. The number of anilines is 1. The molecule has 3 aromatic carbocycles. The van der Waals surface area contributed by atoms with E-state index in [2.05, 4.69) is 4.98 Å². The molecule has 5 nitrogen and oxygen atoms in total. The van der Waals surface area contributed by atoms with Gasteiger partial charge in [0.2, 0.25) is 11.8 Å². The minimum absolute atomic E-state index is 0.183. The third kappa shape index (κ3) is 3.43. The van der Waals surface area contributed by atoms with Crippen LogP contribution in [-0.4, -0.2) is 22.0 Å². The van der Waals surface area contributed by atoms with Crippen LogP contribution in [0.2, 0.25) is 5.02 Å². The van der Waals surface area contributed by atoms with E-state index in [-0.39, 0.29) is 22.6 Å². The van der Waals surface area contributed by atoms with Gasteiger partial charge in [0.15, 0.2) is 0 Å². The molecule has 3 unspecified atom stereocenters. The Morgan fingerprint density at radius 1 is 0.794 bits per heavy atom. The van der Waals surface area contributed by atoms with Gasteiger partial charge in [-0.1, -0.05) is 89.3 Å². The van der Waals surface area contributed by atoms with E-state index in [1.54, 1.807) is 24.3 Å². The topological polar surface area (TPSA) is 70.2 Å². The van der Waals surface area contributed by atoms with Crippen LogP contribution in [0.5, 0.6) is 0 Å². The highest BCUT2D eigenvalue weighted by atomic mass is 35.5. The number of imide groups is 1. The normalized spacial score (nSPS) is 21.4. The lowest BCUT2D eigenvalue weighted by Crippen LogP contribution is -2.32. The fourth-order valence-corrected chi connectivity index (χ4v) is 7.38. The summed E-state index contributed by atoms with van der Waals surface area (Å²) in [6.45, 7) is 0. The van der Waals surface area contributed by atoms with Crippen molar-refractivity contribution < 1.29 is 9.59 Å². The Kier molecular flexibility index (Phi) is 5.21. The molecule has 3 heterocycles. The zero-order chi connectivity index (χ0) is 23.4. The zero-order valence-corrected chi connectivity index (χ0v) is 20.0. The summed E-state index contributed by atoms with van der Waals surface area (Å²) in [5.74, 6) is -1.52. The molecule has 4 aromatic rings. The number of thiazole rings is 1. The number of aromatic nitrogens is 1. The summed E-state index contributed by atoms with van der Waals surface area (Å²) in [5.41, 5.74) is 3.57. The molecule has 1 N–H and O–H groups in total. The van der Waals surface area contributed by atoms with Crippen molar-refractivity contribution in [3.63, 3.8) is 0 Å². The number of nitrogens with zero attached hydrogens (tertiary/aromatic N) is 1. The lowest BCUT2D eigenvalue weighted by atomic mass is 9.82. The van der Waals surface area contributed by atoms with Gasteiger partial charge in [-0.2, -0.15) is 0 Å². The molecule has 34 heavy (non-hydrogen) atoms. The number of fused-ring (bicyclic) bond motifs is 2. The molecule has 0 aliphatic carbocycles. The minimum Gasteiger partial charge on any atom is -0.307 e. The van der Waals surface area contributed by atoms with Crippen LogP contribution in [0.15, 0.2) is 88.7 Å². The lowest BCUT2D eigenvalue weighted by Gasteiger charge is -2.29. The first-order valence-electron chi connectivity index (χ1n) is 10.7. The molecule has 3 atom stereocenters. The van der Waals surface area contributed by atoms with Gasteiger partial charge in [0.05, 0.1) is 16.6 Å². The lowest BCUT2D eigenvalue weighted by molar-refractivity contribution is -0.122. The number of rotatable bonds is 3. The highest BCUT2D eigenvalue weighted by molar-refractivity contribution is 8.00. The summed E-state index contributed by atoms with van der Waals surface area (Å²) >= 11 is 8.40. The Balaban J connectivity index is 1.44. The summed E-state index contributed by atoms with van der Waals surface area (Å²) in [5, 5.41) is 0.595. The smallest absolute Gasteiger partial charge is 0.305 e. The van der Waals surface area contributed by atoms with E-state index < -0.39 is 11.2 Å². The predicted octanol–water partition coefficient (Wildman–Crippen LogP) is 5.55. The van der Waals surface area contributed by atoms with Gasteiger partial charge in [-0.25, -0.2) is 4.90 Å². The third-order valence-electron chi connectivity index (χ3n) is 6.29. The van der Waals surface area contributed by atoms with Crippen LogP contribution in [0.1, 0.15) is 16.4 Å². The molecule has 0 saturated carbocycles. The second-order valence-corrected chi connectivity index (χ2v) is 10.8. The molecule has 0 radical (unpaired) electrons.